The number of carboxylic acids is 1. The maximum absolute atomic E-state index is 11.9. The second-order valence-electron chi connectivity index (χ2n) is 5.36. The number of nitrogens with zero attached hydrogens (tertiary/aromatic N) is 1. The zero-order valence-electron chi connectivity index (χ0n) is 11.6. The first-order chi connectivity index (χ1) is 9.43. The average Bonchev–Trinajstić information content (AvgIpc) is 3.22. The zero-order chi connectivity index (χ0) is 14.8. The number of carbonyl (C=O) groups excluding carboxylic acids is 1. The van der Waals surface area contributed by atoms with Crippen LogP contribution in [0, 0.1) is 12.8 Å². The van der Waals surface area contributed by atoms with Crippen LogP contribution in [0.1, 0.15) is 31.0 Å². The van der Waals surface area contributed by atoms with Gasteiger partial charge < -0.3 is 15.7 Å². The number of aliphatic carboxylic acids is 1. The van der Waals surface area contributed by atoms with Gasteiger partial charge in [-0.3, -0.25) is 4.98 Å². The Hall–Kier alpha value is -2.11. The van der Waals surface area contributed by atoms with Crippen LogP contribution in [0.25, 0.3) is 0 Å². The van der Waals surface area contributed by atoms with E-state index < -0.39 is 17.5 Å². The first-order valence-corrected chi connectivity index (χ1v) is 6.63. The van der Waals surface area contributed by atoms with E-state index in [4.69, 9.17) is 0 Å². The summed E-state index contributed by atoms with van der Waals surface area (Å²) in [5.41, 5.74) is 0.561. The Kier molecular flexibility index (Phi) is 3.92. The summed E-state index contributed by atoms with van der Waals surface area (Å²) >= 11 is 0. The van der Waals surface area contributed by atoms with Crippen molar-refractivity contribution in [1.29, 1.82) is 0 Å². The molecule has 20 heavy (non-hydrogen) atoms. The first kappa shape index (κ1) is 14.3. The van der Waals surface area contributed by atoms with E-state index in [1.165, 1.54) is 0 Å². The van der Waals surface area contributed by atoms with E-state index in [1.807, 2.05) is 19.1 Å². The van der Waals surface area contributed by atoms with Crippen LogP contribution in [-0.4, -0.2) is 27.6 Å². The SMILES string of the molecule is Cc1cccnc1CNC(=O)NC(C)(C(=O)O)C1CC1. The normalized spacial score (nSPS) is 17.1. The second kappa shape index (κ2) is 5.48. The van der Waals surface area contributed by atoms with Gasteiger partial charge in [-0.05, 0) is 44.2 Å². The summed E-state index contributed by atoms with van der Waals surface area (Å²) in [5, 5.41) is 14.5. The van der Waals surface area contributed by atoms with Crippen LogP contribution in [-0.2, 0) is 11.3 Å². The number of aryl methyl sites for hydroxylation is 1. The van der Waals surface area contributed by atoms with Crippen LogP contribution >= 0.6 is 0 Å². The molecule has 0 saturated heterocycles. The Morgan fingerprint density at radius 3 is 2.75 bits per heavy atom. The Morgan fingerprint density at radius 1 is 1.50 bits per heavy atom. The summed E-state index contributed by atoms with van der Waals surface area (Å²) in [7, 11) is 0. The highest BCUT2D eigenvalue weighted by Crippen LogP contribution is 2.39. The third-order valence-corrected chi connectivity index (χ3v) is 3.75. The molecule has 6 nitrogen and oxygen atoms in total. The molecule has 2 rings (SSSR count). The van der Waals surface area contributed by atoms with Gasteiger partial charge in [-0.2, -0.15) is 0 Å². The number of urea groups is 1. The van der Waals surface area contributed by atoms with Gasteiger partial charge in [-0.15, -0.1) is 0 Å². The van der Waals surface area contributed by atoms with Crippen LogP contribution in [0.3, 0.4) is 0 Å². The van der Waals surface area contributed by atoms with Crippen molar-refractivity contribution in [2.45, 2.75) is 38.8 Å². The minimum Gasteiger partial charge on any atom is -0.480 e. The molecule has 1 aliphatic carbocycles. The summed E-state index contributed by atoms with van der Waals surface area (Å²) in [6.45, 7) is 3.74. The van der Waals surface area contributed by atoms with E-state index >= 15 is 0 Å². The molecule has 1 aromatic rings. The lowest BCUT2D eigenvalue weighted by atomic mass is 9.96. The lowest BCUT2D eigenvalue weighted by Crippen LogP contribution is -2.56. The Labute approximate surface area is 117 Å². The van der Waals surface area contributed by atoms with Gasteiger partial charge in [-0.25, -0.2) is 9.59 Å². The van der Waals surface area contributed by atoms with E-state index in [1.54, 1.807) is 13.1 Å². The first-order valence-electron chi connectivity index (χ1n) is 6.63. The van der Waals surface area contributed by atoms with Crippen molar-refractivity contribution in [2.24, 2.45) is 5.92 Å². The standard InChI is InChI=1S/C14H19N3O3/c1-9-4-3-7-15-11(9)8-16-13(20)17-14(2,12(18)19)10-5-6-10/h3-4,7,10H,5-6,8H2,1-2H3,(H,18,19)(H2,16,17,20). The molecule has 6 heteroatoms. The van der Waals surface area contributed by atoms with E-state index in [9.17, 15) is 14.7 Å². The average molecular weight is 277 g/mol. The van der Waals surface area contributed by atoms with Gasteiger partial charge in [0.05, 0.1) is 12.2 Å². The highest BCUT2D eigenvalue weighted by Gasteiger charge is 2.48. The predicted molar refractivity (Wildman–Crippen MR) is 73.1 cm³/mol. The molecule has 1 unspecified atom stereocenters. The van der Waals surface area contributed by atoms with Crippen LogP contribution in [0.4, 0.5) is 4.79 Å². The molecule has 1 heterocycles. The molecule has 108 valence electrons. The number of carboxylic acid groups (broad SMARTS) is 1. The van der Waals surface area contributed by atoms with Crippen LogP contribution in [0.15, 0.2) is 18.3 Å². The summed E-state index contributed by atoms with van der Waals surface area (Å²) in [5.74, 6) is -0.980. The van der Waals surface area contributed by atoms with Crippen molar-refractivity contribution in [1.82, 2.24) is 15.6 Å². The molecular weight excluding hydrogens is 258 g/mol. The molecule has 1 saturated carbocycles. The molecule has 3 N–H and O–H groups in total. The molecule has 0 spiro atoms. The van der Waals surface area contributed by atoms with Gasteiger partial charge in [0.2, 0.25) is 0 Å². The van der Waals surface area contributed by atoms with Crippen LogP contribution in [0.5, 0.6) is 0 Å². The molecule has 1 aliphatic rings. The molecular formula is C14H19N3O3. The van der Waals surface area contributed by atoms with E-state index in [2.05, 4.69) is 15.6 Å². The van der Waals surface area contributed by atoms with Gasteiger partial charge in [0.15, 0.2) is 0 Å². The van der Waals surface area contributed by atoms with Gasteiger partial charge in [0.25, 0.3) is 0 Å². The number of carbonyl (C=O) groups is 2. The van der Waals surface area contributed by atoms with Gasteiger partial charge >= 0.3 is 12.0 Å². The molecule has 0 radical (unpaired) electrons. The quantitative estimate of drug-likeness (QED) is 0.759. The Balaban J connectivity index is 1.92. The van der Waals surface area contributed by atoms with Gasteiger partial charge in [0.1, 0.15) is 5.54 Å². The molecule has 1 atom stereocenters. The number of amides is 2. The topological polar surface area (TPSA) is 91.3 Å². The fourth-order valence-electron chi connectivity index (χ4n) is 2.14. The largest absolute Gasteiger partial charge is 0.480 e. The fourth-order valence-corrected chi connectivity index (χ4v) is 2.14. The highest BCUT2D eigenvalue weighted by atomic mass is 16.4. The summed E-state index contributed by atoms with van der Waals surface area (Å²) < 4.78 is 0. The van der Waals surface area contributed by atoms with E-state index in [0.29, 0.717) is 0 Å². The lowest BCUT2D eigenvalue weighted by Gasteiger charge is -2.26. The van der Waals surface area contributed by atoms with E-state index in [0.717, 1.165) is 24.1 Å². The van der Waals surface area contributed by atoms with Crippen molar-refractivity contribution in [3.8, 4) is 0 Å². The van der Waals surface area contributed by atoms with Crippen LogP contribution < -0.4 is 10.6 Å². The number of nitrogens with one attached hydrogen (secondary N) is 2. The highest BCUT2D eigenvalue weighted by molar-refractivity contribution is 5.86. The number of hydrogen-bond donors (Lipinski definition) is 3. The molecule has 1 aromatic heterocycles. The zero-order valence-corrected chi connectivity index (χ0v) is 11.6. The lowest BCUT2D eigenvalue weighted by molar-refractivity contribution is -0.144. The van der Waals surface area contributed by atoms with Gasteiger partial charge in [-0.1, -0.05) is 6.07 Å². The Bertz CT molecular complexity index is 528. The molecule has 1 fully saturated rings. The predicted octanol–water partition coefficient (Wildman–Crippen LogP) is 1.44. The minimum atomic E-state index is -1.19. The number of pyridine rings is 1. The maximum atomic E-state index is 11.9. The molecule has 0 aromatic carbocycles. The maximum Gasteiger partial charge on any atom is 0.329 e. The van der Waals surface area contributed by atoms with Crippen molar-refractivity contribution < 1.29 is 14.7 Å². The third-order valence-electron chi connectivity index (χ3n) is 3.75. The second-order valence-corrected chi connectivity index (χ2v) is 5.36. The third kappa shape index (κ3) is 3.07. The minimum absolute atomic E-state index is 0.0161. The number of hydrogen-bond acceptors (Lipinski definition) is 3. The summed E-state index contributed by atoms with van der Waals surface area (Å²) in [6.07, 6.45) is 3.33. The smallest absolute Gasteiger partial charge is 0.329 e. The molecule has 2 amide bonds. The van der Waals surface area contributed by atoms with Crippen molar-refractivity contribution in [3.05, 3.63) is 29.6 Å². The summed E-state index contributed by atoms with van der Waals surface area (Å²) in [4.78, 5) is 27.3. The van der Waals surface area contributed by atoms with E-state index in [-0.39, 0.29) is 12.5 Å². The fraction of sp³-hybridized carbons (Fsp3) is 0.500. The Morgan fingerprint density at radius 2 is 2.20 bits per heavy atom. The van der Waals surface area contributed by atoms with Crippen molar-refractivity contribution in [3.63, 3.8) is 0 Å². The van der Waals surface area contributed by atoms with Crippen molar-refractivity contribution in [2.75, 3.05) is 0 Å². The number of aromatic nitrogens is 1. The number of rotatable bonds is 5. The molecule has 0 aliphatic heterocycles. The molecule has 0 bridgehead atoms. The van der Waals surface area contributed by atoms with Crippen molar-refractivity contribution >= 4 is 12.0 Å². The van der Waals surface area contributed by atoms with Crippen LogP contribution in [0.2, 0.25) is 0 Å². The van der Waals surface area contributed by atoms with Gasteiger partial charge in [0, 0.05) is 6.20 Å². The monoisotopic (exact) mass is 277 g/mol. The summed E-state index contributed by atoms with van der Waals surface area (Å²) in [6, 6.07) is 3.26.